The Bertz CT molecular complexity index is 516. The van der Waals surface area contributed by atoms with E-state index in [1.54, 1.807) is 11.8 Å². The van der Waals surface area contributed by atoms with Crippen LogP contribution < -0.4 is 5.32 Å². The maximum atomic E-state index is 13.4. The predicted molar refractivity (Wildman–Crippen MR) is 116 cm³/mol. The van der Waals surface area contributed by atoms with Gasteiger partial charge in [0.25, 0.3) is 0 Å². The van der Waals surface area contributed by atoms with Crippen LogP contribution >= 0.6 is 11.8 Å². The fraction of sp³-hybridized carbons (Fsp3) is 0.909. The first-order valence-corrected chi connectivity index (χ1v) is 12.5. The monoisotopic (exact) mass is 409 g/mol. The zero-order chi connectivity index (χ0) is 19.9. The molecule has 28 heavy (non-hydrogen) atoms. The summed E-state index contributed by atoms with van der Waals surface area (Å²) < 4.78 is 0. The summed E-state index contributed by atoms with van der Waals surface area (Å²) in [6.07, 6.45) is 10.4. The van der Waals surface area contributed by atoms with E-state index in [9.17, 15) is 9.59 Å². The van der Waals surface area contributed by atoms with Crippen LogP contribution in [0.1, 0.15) is 71.6 Å². The Labute approximate surface area is 175 Å². The molecule has 1 saturated carbocycles. The Morgan fingerprint density at radius 3 is 2.39 bits per heavy atom. The van der Waals surface area contributed by atoms with Gasteiger partial charge in [-0.3, -0.25) is 9.59 Å². The minimum absolute atomic E-state index is 0.0555. The van der Waals surface area contributed by atoms with Crippen molar-refractivity contribution in [2.75, 3.05) is 31.9 Å². The van der Waals surface area contributed by atoms with E-state index in [2.05, 4.69) is 24.1 Å². The molecule has 1 N–H and O–H groups in total. The minimum Gasteiger partial charge on any atom is -0.353 e. The number of amides is 2. The highest BCUT2D eigenvalue weighted by Gasteiger charge is 2.43. The van der Waals surface area contributed by atoms with Crippen molar-refractivity contribution in [1.82, 2.24) is 15.1 Å². The number of hydrogen-bond acceptors (Lipinski definition) is 4. The average Bonchev–Trinajstić information content (AvgIpc) is 3.11. The van der Waals surface area contributed by atoms with Gasteiger partial charge in [0.15, 0.2) is 0 Å². The third-order valence-corrected chi connectivity index (χ3v) is 7.77. The predicted octanol–water partition coefficient (Wildman–Crippen LogP) is 3.49. The quantitative estimate of drug-likeness (QED) is 0.699. The van der Waals surface area contributed by atoms with Crippen LogP contribution in [0.4, 0.5) is 0 Å². The van der Waals surface area contributed by atoms with Gasteiger partial charge in [-0.05, 0) is 51.1 Å². The standard InChI is InChI=1S/C22H39N3O2S/c1-17(2)15-20-25(22(27)18-9-5-3-6-10-18)19(16-28-20)21(26)23-11-14-24-12-7-4-8-13-24/h17-20H,3-16H2,1-2H3,(H,23,26). The molecule has 3 fully saturated rings. The molecule has 2 saturated heterocycles. The highest BCUT2D eigenvalue weighted by atomic mass is 32.2. The van der Waals surface area contributed by atoms with Gasteiger partial charge < -0.3 is 15.1 Å². The lowest BCUT2D eigenvalue weighted by Gasteiger charge is -2.34. The molecule has 0 bridgehead atoms. The van der Waals surface area contributed by atoms with Crippen molar-refractivity contribution < 1.29 is 9.59 Å². The van der Waals surface area contributed by atoms with Crippen molar-refractivity contribution >= 4 is 23.6 Å². The SMILES string of the molecule is CC(C)CC1SCC(C(=O)NCCN2CCCCC2)N1C(=O)C1CCCCC1. The molecule has 2 aliphatic heterocycles. The van der Waals surface area contributed by atoms with Crippen LogP contribution in [0.25, 0.3) is 0 Å². The summed E-state index contributed by atoms with van der Waals surface area (Å²) in [4.78, 5) is 30.8. The molecule has 0 spiro atoms. The van der Waals surface area contributed by atoms with Crippen LogP contribution in [0.3, 0.4) is 0 Å². The molecule has 5 nitrogen and oxygen atoms in total. The van der Waals surface area contributed by atoms with Gasteiger partial charge in [-0.2, -0.15) is 0 Å². The van der Waals surface area contributed by atoms with Crippen molar-refractivity contribution in [3.05, 3.63) is 0 Å². The smallest absolute Gasteiger partial charge is 0.243 e. The van der Waals surface area contributed by atoms with Crippen molar-refractivity contribution in [2.24, 2.45) is 11.8 Å². The molecule has 2 heterocycles. The molecule has 3 aliphatic rings. The molecule has 1 aliphatic carbocycles. The summed E-state index contributed by atoms with van der Waals surface area (Å²) in [6.45, 7) is 8.33. The normalized spacial score (nSPS) is 27.3. The average molecular weight is 410 g/mol. The van der Waals surface area contributed by atoms with Crippen LogP contribution in [0.5, 0.6) is 0 Å². The molecule has 0 aromatic heterocycles. The van der Waals surface area contributed by atoms with E-state index in [4.69, 9.17) is 0 Å². The summed E-state index contributed by atoms with van der Waals surface area (Å²) >= 11 is 1.80. The largest absolute Gasteiger partial charge is 0.353 e. The summed E-state index contributed by atoms with van der Waals surface area (Å²) in [6, 6.07) is -0.287. The van der Waals surface area contributed by atoms with Crippen molar-refractivity contribution in [3.8, 4) is 0 Å². The lowest BCUT2D eigenvalue weighted by atomic mass is 9.88. The van der Waals surface area contributed by atoms with Crippen LogP contribution in [0.15, 0.2) is 0 Å². The highest BCUT2D eigenvalue weighted by molar-refractivity contribution is 8.00. The molecule has 2 amide bonds. The van der Waals surface area contributed by atoms with E-state index in [1.807, 2.05) is 4.90 Å². The van der Waals surface area contributed by atoms with E-state index in [0.29, 0.717) is 12.5 Å². The van der Waals surface area contributed by atoms with Gasteiger partial charge in [-0.15, -0.1) is 11.8 Å². The lowest BCUT2D eigenvalue weighted by molar-refractivity contribution is -0.144. The fourth-order valence-corrected chi connectivity index (χ4v) is 6.49. The van der Waals surface area contributed by atoms with Gasteiger partial charge in [0, 0.05) is 24.8 Å². The second-order valence-electron chi connectivity index (χ2n) is 9.21. The van der Waals surface area contributed by atoms with Gasteiger partial charge in [0.1, 0.15) is 6.04 Å². The van der Waals surface area contributed by atoms with Crippen LogP contribution in [0, 0.1) is 11.8 Å². The summed E-state index contributed by atoms with van der Waals surface area (Å²) in [5, 5.41) is 3.31. The Morgan fingerprint density at radius 2 is 1.71 bits per heavy atom. The molecule has 0 aromatic rings. The van der Waals surface area contributed by atoms with Crippen molar-refractivity contribution in [2.45, 2.75) is 83.1 Å². The lowest BCUT2D eigenvalue weighted by Crippen LogP contribution is -2.52. The number of rotatable bonds is 7. The molecule has 2 unspecified atom stereocenters. The molecule has 0 radical (unpaired) electrons. The number of piperidine rings is 1. The first-order chi connectivity index (χ1) is 13.6. The van der Waals surface area contributed by atoms with Crippen molar-refractivity contribution in [3.63, 3.8) is 0 Å². The first kappa shape index (κ1) is 21.9. The zero-order valence-electron chi connectivity index (χ0n) is 17.8. The Kier molecular flexibility index (Phi) is 8.52. The number of thioether (sulfide) groups is 1. The third kappa shape index (κ3) is 5.88. The fourth-order valence-electron chi connectivity index (χ4n) is 4.84. The van der Waals surface area contributed by atoms with E-state index in [0.717, 1.165) is 57.5 Å². The Hall–Kier alpha value is -0.750. The number of carbonyl (C=O) groups excluding carboxylic acids is 2. The van der Waals surface area contributed by atoms with Gasteiger partial charge >= 0.3 is 0 Å². The van der Waals surface area contributed by atoms with Crippen LogP contribution in [-0.2, 0) is 9.59 Å². The number of hydrogen-bond donors (Lipinski definition) is 1. The second-order valence-corrected chi connectivity index (χ2v) is 10.4. The van der Waals surface area contributed by atoms with Gasteiger partial charge in [0.05, 0.1) is 5.37 Å². The van der Waals surface area contributed by atoms with E-state index >= 15 is 0 Å². The minimum atomic E-state index is -0.287. The van der Waals surface area contributed by atoms with Gasteiger partial charge in [-0.1, -0.05) is 39.5 Å². The number of nitrogens with one attached hydrogen (secondary N) is 1. The number of nitrogens with zero attached hydrogens (tertiary/aromatic N) is 2. The molecule has 6 heteroatoms. The van der Waals surface area contributed by atoms with Crippen molar-refractivity contribution in [1.29, 1.82) is 0 Å². The van der Waals surface area contributed by atoms with Gasteiger partial charge in [0.2, 0.25) is 11.8 Å². The molecule has 160 valence electrons. The molecule has 0 aromatic carbocycles. The summed E-state index contributed by atoms with van der Waals surface area (Å²) in [5.41, 5.74) is 0. The van der Waals surface area contributed by atoms with Crippen LogP contribution in [-0.4, -0.2) is 65.0 Å². The molecular formula is C22H39N3O2S. The third-order valence-electron chi connectivity index (χ3n) is 6.45. The van der Waals surface area contributed by atoms with E-state index < -0.39 is 0 Å². The number of likely N-dealkylation sites (tertiary alicyclic amines) is 1. The second kappa shape index (κ2) is 10.9. The maximum absolute atomic E-state index is 13.4. The Balaban J connectivity index is 1.58. The maximum Gasteiger partial charge on any atom is 0.243 e. The van der Waals surface area contributed by atoms with E-state index in [1.165, 1.54) is 25.7 Å². The van der Waals surface area contributed by atoms with Crippen LogP contribution in [0.2, 0.25) is 0 Å². The summed E-state index contributed by atoms with van der Waals surface area (Å²) in [7, 11) is 0. The number of carbonyl (C=O) groups is 2. The Morgan fingerprint density at radius 1 is 1.04 bits per heavy atom. The molecule has 3 rings (SSSR count). The zero-order valence-corrected chi connectivity index (χ0v) is 18.6. The van der Waals surface area contributed by atoms with E-state index in [-0.39, 0.29) is 29.1 Å². The molecule has 2 atom stereocenters. The van der Waals surface area contributed by atoms with Gasteiger partial charge in [-0.25, -0.2) is 0 Å². The highest BCUT2D eigenvalue weighted by Crippen LogP contribution is 2.37. The summed E-state index contributed by atoms with van der Waals surface area (Å²) in [5.74, 6) is 1.70. The molecular weight excluding hydrogens is 370 g/mol. The topological polar surface area (TPSA) is 52.7 Å². The first-order valence-electron chi connectivity index (χ1n) is 11.5.